The Hall–Kier alpha value is -4.18. The van der Waals surface area contributed by atoms with E-state index in [-0.39, 0.29) is 76.2 Å². The standard InChI is InChI=1S/C30H29F6N7O2S/c1-4-21(44)43-8-7-15(12-43)42(3)27-18-10-19(30(34,35)36)22(17-5-6-20(32)26-25(17)38-28(37)46-26)23(33)24(18)39-29(40-27)45-13-16-9-14(31)11-41(16)2/h4-6,10,14-16H,1,7-9,11-13H2,2-3H3,(H2,37,38)/t14-,15-,16+/m1/s1. The fourth-order valence-electron chi connectivity index (χ4n) is 6.14. The molecule has 2 aromatic carbocycles. The van der Waals surface area contributed by atoms with Crippen molar-refractivity contribution in [2.24, 2.45) is 0 Å². The van der Waals surface area contributed by atoms with Gasteiger partial charge in [-0.25, -0.2) is 18.2 Å². The van der Waals surface area contributed by atoms with Crippen LogP contribution < -0.4 is 15.4 Å². The number of hydrogen-bond acceptors (Lipinski definition) is 9. The van der Waals surface area contributed by atoms with Crippen molar-refractivity contribution in [1.82, 2.24) is 24.8 Å². The third kappa shape index (κ3) is 5.68. The van der Waals surface area contributed by atoms with E-state index in [9.17, 15) is 26.7 Å². The molecule has 0 saturated carbocycles. The molecule has 244 valence electrons. The zero-order chi connectivity index (χ0) is 33.1. The van der Waals surface area contributed by atoms with Crippen molar-refractivity contribution < 1.29 is 35.9 Å². The van der Waals surface area contributed by atoms with Gasteiger partial charge in [0.05, 0.1) is 15.8 Å². The van der Waals surface area contributed by atoms with Crippen LogP contribution in [-0.2, 0) is 11.0 Å². The number of benzene rings is 2. The van der Waals surface area contributed by atoms with Gasteiger partial charge < -0.3 is 20.3 Å². The number of amides is 1. The molecule has 4 aromatic rings. The summed E-state index contributed by atoms with van der Waals surface area (Å²) in [6.07, 6.45) is -4.31. The van der Waals surface area contributed by atoms with Gasteiger partial charge in [-0.15, -0.1) is 0 Å². The highest BCUT2D eigenvalue weighted by atomic mass is 32.1. The predicted molar refractivity (Wildman–Crippen MR) is 162 cm³/mol. The number of nitrogens with zero attached hydrogens (tertiary/aromatic N) is 6. The zero-order valence-electron chi connectivity index (χ0n) is 24.7. The summed E-state index contributed by atoms with van der Waals surface area (Å²) < 4.78 is 95.2. The zero-order valence-corrected chi connectivity index (χ0v) is 25.6. The minimum absolute atomic E-state index is 0.0532. The number of likely N-dealkylation sites (tertiary alicyclic amines) is 2. The van der Waals surface area contributed by atoms with Gasteiger partial charge in [0.1, 0.15) is 29.9 Å². The van der Waals surface area contributed by atoms with Crippen LogP contribution in [-0.4, -0.2) is 89.3 Å². The maximum atomic E-state index is 16.7. The molecular formula is C30H29F6N7O2S. The molecule has 2 aliphatic rings. The lowest BCUT2D eigenvalue weighted by atomic mass is 9.95. The molecule has 2 N–H and O–H groups in total. The maximum absolute atomic E-state index is 16.7. The third-order valence-electron chi connectivity index (χ3n) is 8.55. The van der Waals surface area contributed by atoms with Gasteiger partial charge in [-0.1, -0.05) is 17.9 Å². The molecular weight excluding hydrogens is 636 g/mol. The van der Waals surface area contributed by atoms with Crippen LogP contribution in [0.4, 0.5) is 37.3 Å². The highest BCUT2D eigenvalue weighted by molar-refractivity contribution is 7.22. The quantitative estimate of drug-likeness (QED) is 0.206. The first kappa shape index (κ1) is 31.8. The van der Waals surface area contributed by atoms with Crippen molar-refractivity contribution in [2.75, 3.05) is 51.0 Å². The van der Waals surface area contributed by atoms with Crippen LogP contribution in [0, 0.1) is 11.6 Å². The fourth-order valence-corrected chi connectivity index (χ4v) is 6.91. The Bertz CT molecular complexity index is 1850. The number of aromatic nitrogens is 3. The molecule has 46 heavy (non-hydrogen) atoms. The Morgan fingerprint density at radius 1 is 1.22 bits per heavy atom. The number of fused-ring (bicyclic) bond motifs is 2. The van der Waals surface area contributed by atoms with E-state index in [1.54, 1.807) is 23.9 Å². The number of nitrogens with two attached hydrogens (primary N) is 1. The number of anilines is 2. The van der Waals surface area contributed by atoms with E-state index in [4.69, 9.17) is 10.5 Å². The number of nitrogen functional groups attached to an aromatic ring is 1. The molecule has 1 amide bonds. The van der Waals surface area contributed by atoms with Gasteiger partial charge in [0.15, 0.2) is 10.9 Å². The van der Waals surface area contributed by atoms with E-state index < -0.39 is 46.7 Å². The van der Waals surface area contributed by atoms with Crippen molar-refractivity contribution in [2.45, 2.75) is 37.3 Å². The molecule has 9 nitrogen and oxygen atoms in total. The van der Waals surface area contributed by atoms with Gasteiger partial charge in [0.2, 0.25) is 5.91 Å². The first-order valence-electron chi connectivity index (χ1n) is 14.3. The first-order valence-corrected chi connectivity index (χ1v) is 15.2. The summed E-state index contributed by atoms with van der Waals surface area (Å²) in [5.74, 6) is -2.47. The largest absolute Gasteiger partial charge is 0.462 e. The molecule has 16 heteroatoms. The highest BCUT2D eigenvalue weighted by Gasteiger charge is 2.39. The average Bonchev–Trinajstić information content (AvgIpc) is 3.73. The molecule has 0 radical (unpaired) electrons. The van der Waals surface area contributed by atoms with Gasteiger partial charge in [0.25, 0.3) is 0 Å². The summed E-state index contributed by atoms with van der Waals surface area (Å²) in [4.78, 5) is 29.7. The topological polar surface area (TPSA) is 101 Å². The first-order chi connectivity index (χ1) is 21.8. The predicted octanol–water partition coefficient (Wildman–Crippen LogP) is 5.43. The molecule has 2 aromatic heterocycles. The van der Waals surface area contributed by atoms with Crippen LogP contribution in [0.3, 0.4) is 0 Å². The van der Waals surface area contributed by atoms with E-state index in [0.29, 0.717) is 13.0 Å². The molecule has 4 heterocycles. The number of halogens is 6. The molecule has 0 unspecified atom stereocenters. The number of hydrogen-bond donors (Lipinski definition) is 1. The molecule has 0 aliphatic carbocycles. The average molecular weight is 666 g/mol. The molecule has 0 spiro atoms. The molecule has 2 saturated heterocycles. The minimum atomic E-state index is -5.06. The minimum Gasteiger partial charge on any atom is -0.462 e. The molecule has 2 aliphatic heterocycles. The van der Waals surface area contributed by atoms with E-state index in [0.717, 1.165) is 29.5 Å². The summed E-state index contributed by atoms with van der Waals surface area (Å²) in [6, 6.07) is 1.66. The summed E-state index contributed by atoms with van der Waals surface area (Å²) in [5, 5.41) is -0.360. The second-order valence-corrected chi connectivity index (χ2v) is 12.5. The molecule has 3 atom stereocenters. The van der Waals surface area contributed by atoms with Crippen molar-refractivity contribution in [1.29, 1.82) is 0 Å². The summed E-state index contributed by atoms with van der Waals surface area (Å²) in [6.45, 7) is 4.24. The SMILES string of the molecule is C=CC(=O)N1CC[C@@H](N(C)c2nc(OC[C@@H]3C[C@@H](F)CN3C)nc3c(F)c(-c4ccc(F)c5sc(N)nc45)c(C(F)(F)F)cc23)C1. The normalized spacial score (nSPS) is 20.6. The lowest BCUT2D eigenvalue weighted by molar-refractivity contribution is -0.137. The number of carbonyl (C=O) groups excluding carboxylic acids is 1. The van der Waals surface area contributed by atoms with Crippen LogP contribution >= 0.6 is 11.3 Å². The number of likely N-dealkylation sites (N-methyl/N-ethyl adjacent to an activating group) is 2. The monoisotopic (exact) mass is 665 g/mol. The fraction of sp³-hybridized carbons (Fsp3) is 0.400. The Labute approximate surface area is 263 Å². The van der Waals surface area contributed by atoms with Gasteiger partial charge in [-0.2, -0.15) is 23.1 Å². The molecule has 0 bridgehead atoms. The second-order valence-electron chi connectivity index (χ2n) is 11.4. The van der Waals surface area contributed by atoms with Crippen molar-refractivity contribution >= 4 is 49.3 Å². The molecule has 2 fully saturated rings. The Balaban J connectivity index is 1.54. The number of alkyl halides is 4. The summed E-state index contributed by atoms with van der Waals surface area (Å²) in [7, 11) is 3.31. The highest BCUT2D eigenvalue weighted by Crippen LogP contribution is 2.46. The van der Waals surface area contributed by atoms with E-state index >= 15 is 4.39 Å². The van der Waals surface area contributed by atoms with Crippen LogP contribution in [0.15, 0.2) is 30.9 Å². The van der Waals surface area contributed by atoms with Crippen molar-refractivity contribution in [3.8, 4) is 17.1 Å². The molecule has 6 rings (SSSR count). The van der Waals surface area contributed by atoms with Crippen LogP contribution in [0.25, 0.3) is 32.2 Å². The lowest BCUT2D eigenvalue weighted by Crippen LogP contribution is -2.37. The summed E-state index contributed by atoms with van der Waals surface area (Å²) >= 11 is 0.727. The smallest absolute Gasteiger partial charge is 0.417 e. The number of ether oxygens (including phenoxy) is 1. The summed E-state index contributed by atoms with van der Waals surface area (Å²) in [5.41, 5.74) is 2.51. The van der Waals surface area contributed by atoms with Crippen LogP contribution in [0.5, 0.6) is 6.01 Å². The van der Waals surface area contributed by atoms with E-state index in [1.165, 1.54) is 11.0 Å². The van der Waals surface area contributed by atoms with Gasteiger partial charge in [-0.3, -0.25) is 9.69 Å². The van der Waals surface area contributed by atoms with Gasteiger partial charge in [-0.05, 0) is 44.2 Å². The van der Waals surface area contributed by atoms with Gasteiger partial charge in [0, 0.05) is 55.3 Å². The van der Waals surface area contributed by atoms with E-state index in [2.05, 4.69) is 21.5 Å². The van der Waals surface area contributed by atoms with Crippen molar-refractivity contribution in [3.05, 3.63) is 48.1 Å². The van der Waals surface area contributed by atoms with E-state index in [1.807, 2.05) is 0 Å². The lowest BCUT2D eigenvalue weighted by Gasteiger charge is -2.28. The van der Waals surface area contributed by atoms with Gasteiger partial charge >= 0.3 is 12.2 Å². The Morgan fingerprint density at radius 2 is 1.98 bits per heavy atom. The Kier molecular flexibility index (Phi) is 8.21. The van der Waals surface area contributed by atoms with Crippen LogP contribution in [0.2, 0.25) is 0 Å². The van der Waals surface area contributed by atoms with Crippen LogP contribution in [0.1, 0.15) is 18.4 Å². The second kappa shape index (κ2) is 11.9. The van der Waals surface area contributed by atoms with Crippen molar-refractivity contribution in [3.63, 3.8) is 0 Å². The number of rotatable bonds is 7. The third-order valence-corrected chi connectivity index (χ3v) is 9.44. The number of thiazole rings is 1. The Morgan fingerprint density at radius 3 is 2.65 bits per heavy atom. The maximum Gasteiger partial charge on any atom is 0.417 e. The number of carbonyl (C=O) groups is 1.